The van der Waals surface area contributed by atoms with Crippen LogP contribution in [0.1, 0.15) is 12.5 Å². The number of hydrogen-bond donors (Lipinski definition) is 1. The van der Waals surface area contributed by atoms with Crippen molar-refractivity contribution in [2.45, 2.75) is 19.4 Å². The topological polar surface area (TPSA) is 50.8 Å². The molecule has 0 aliphatic carbocycles. The molecule has 1 saturated heterocycles. The van der Waals surface area contributed by atoms with Gasteiger partial charge in [0.25, 0.3) is 0 Å². The van der Waals surface area contributed by atoms with Crippen LogP contribution in [0.5, 0.6) is 5.75 Å². The van der Waals surface area contributed by atoms with Gasteiger partial charge in [0, 0.05) is 19.6 Å². The van der Waals surface area contributed by atoms with E-state index in [9.17, 15) is 4.79 Å². The van der Waals surface area contributed by atoms with Gasteiger partial charge < -0.3 is 14.8 Å². The number of carbonyl (C=O) groups is 1. The third-order valence-corrected chi connectivity index (χ3v) is 3.59. The van der Waals surface area contributed by atoms with Gasteiger partial charge in [0.2, 0.25) is 5.91 Å². The first-order valence-electron chi connectivity index (χ1n) is 7.41. The summed E-state index contributed by atoms with van der Waals surface area (Å²) in [7, 11) is 1.65. The fourth-order valence-electron chi connectivity index (χ4n) is 2.43. The van der Waals surface area contributed by atoms with Crippen molar-refractivity contribution < 1.29 is 14.3 Å². The highest BCUT2D eigenvalue weighted by Gasteiger charge is 2.18. The summed E-state index contributed by atoms with van der Waals surface area (Å²) in [5.74, 6) is 0.932. The maximum atomic E-state index is 11.9. The first-order chi connectivity index (χ1) is 10.2. The molecular weight excluding hydrogens is 268 g/mol. The van der Waals surface area contributed by atoms with E-state index >= 15 is 0 Å². The fraction of sp³-hybridized carbons (Fsp3) is 0.562. The lowest BCUT2D eigenvalue weighted by Gasteiger charge is -2.30. The largest absolute Gasteiger partial charge is 0.497 e. The highest BCUT2D eigenvalue weighted by Crippen LogP contribution is 2.11. The molecule has 1 atom stereocenters. The molecule has 0 radical (unpaired) electrons. The lowest BCUT2D eigenvalue weighted by Crippen LogP contribution is -2.46. The van der Waals surface area contributed by atoms with Crippen LogP contribution in [0.3, 0.4) is 0 Å². The third kappa shape index (κ3) is 5.36. The zero-order valence-corrected chi connectivity index (χ0v) is 12.8. The standard InChI is InChI=1S/C16H24N2O3/c1-13-11-18(9-10-21-13)12-16(19)17-8-7-14-3-5-15(20-2)6-4-14/h3-6,13H,7-12H2,1-2H3,(H,17,19)/t13-/m0/s1. The molecule has 2 rings (SSSR count). The Labute approximate surface area is 126 Å². The average Bonchev–Trinajstić information content (AvgIpc) is 2.48. The predicted octanol–water partition coefficient (Wildman–Crippen LogP) is 1.07. The maximum absolute atomic E-state index is 11.9. The Morgan fingerprint density at radius 2 is 2.19 bits per heavy atom. The summed E-state index contributed by atoms with van der Waals surface area (Å²) in [5, 5.41) is 2.97. The Bertz CT molecular complexity index is 447. The molecule has 1 aromatic rings. The molecule has 1 aromatic carbocycles. The van der Waals surface area contributed by atoms with Crippen LogP contribution in [-0.4, -0.2) is 56.8 Å². The van der Waals surface area contributed by atoms with E-state index < -0.39 is 0 Å². The van der Waals surface area contributed by atoms with Gasteiger partial charge >= 0.3 is 0 Å². The first-order valence-corrected chi connectivity index (χ1v) is 7.41. The molecule has 0 unspecified atom stereocenters. The number of benzene rings is 1. The molecule has 1 N–H and O–H groups in total. The molecular formula is C16H24N2O3. The smallest absolute Gasteiger partial charge is 0.234 e. The van der Waals surface area contributed by atoms with Crippen LogP contribution in [-0.2, 0) is 16.0 Å². The van der Waals surface area contributed by atoms with Crippen LogP contribution >= 0.6 is 0 Å². The number of hydrogen-bond acceptors (Lipinski definition) is 4. The summed E-state index contributed by atoms with van der Waals surface area (Å²) in [5.41, 5.74) is 1.19. The Hall–Kier alpha value is -1.59. The van der Waals surface area contributed by atoms with E-state index in [-0.39, 0.29) is 12.0 Å². The first kappa shape index (κ1) is 15.8. The Kier molecular flexibility index (Phi) is 6.02. The summed E-state index contributed by atoms with van der Waals surface area (Å²) < 4.78 is 10.6. The van der Waals surface area contributed by atoms with Crippen molar-refractivity contribution in [1.82, 2.24) is 10.2 Å². The van der Waals surface area contributed by atoms with Gasteiger partial charge in [-0.2, -0.15) is 0 Å². The second-order valence-corrected chi connectivity index (χ2v) is 5.36. The highest BCUT2D eigenvalue weighted by molar-refractivity contribution is 5.78. The minimum atomic E-state index is 0.0811. The number of nitrogens with zero attached hydrogens (tertiary/aromatic N) is 1. The molecule has 116 valence electrons. The lowest BCUT2D eigenvalue weighted by molar-refractivity contribution is -0.124. The molecule has 0 aromatic heterocycles. The average molecular weight is 292 g/mol. The number of carbonyl (C=O) groups excluding carboxylic acids is 1. The molecule has 1 fully saturated rings. The van der Waals surface area contributed by atoms with E-state index in [1.54, 1.807) is 7.11 Å². The molecule has 0 bridgehead atoms. The normalized spacial score (nSPS) is 19.2. The van der Waals surface area contributed by atoms with Crippen LogP contribution in [0.4, 0.5) is 0 Å². The van der Waals surface area contributed by atoms with Gasteiger partial charge in [-0.15, -0.1) is 0 Å². The van der Waals surface area contributed by atoms with E-state index in [0.29, 0.717) is 19.7 Å². The summed E-state index contributed by atoms with van der Waals surface area (Å²) in [6.45, 7) is 5.51. The third-order valence-electron chi connectivity index (χ3n) is 3.59. The zero-order valence-electron chi connectivity index (χ0n) is 12.8. The summed E-state index contributed by atoms with van der Waals surface area (Å²) in [6, 6.07) is 7.92. The number of rotatable bonds is 6. The van der Waals surface area contributed by atoms with Gasteiger partial charge in [0.15, 0.2) is 0 Å². The van der Waals surface area contributed by atoms with Crippen molar-refractivity contribution in [3.05, 3.63) is 29.8 Å². The van der Waals surface area contributed by atoms with Gasteiger partial charge in [-0.1, -0.05) is 12.1 Å². The number of nitrogens with one attached hydrogen (secondary N) is 1. The molecule has 5 nitrogen and oxygen atoms in total. The number of morpholine rings is 1. The monoisotopic (exact) mass is 292 g/mol. The SMILES string of the molecule is COc1ccc(CCNC(=O)CN2CCO[C@@H](C)C2)cc1. The van der Waals surface area contributed by atoms with Crippen molar-refractivity contribution in [2.75, 3.05) is 39.9 Å². The van der Waals surface area contributed by atoms with Crippen molar-refractivity contribution in [2.24, 2.45) is 0 Å². The Morgan fingerprint density at radius 3 is 2.86 bits per heavy atom. The van der Waals surface area contributed by atoms with Gasteiger partial charge in [-0.3, -0.25) is 9.69 Å². The second kappa shape index (κ2) is 8.00. The number of amides is 1. The molecule has 1 amide bonds. The summed E-state index contributed by atoms with van der Waals surface area (Å²) >= 11 is 0. The molecule has 0 saturated carbocycles. The minimum Gasteiger partial charge on any atom is -0.497 e. The second-order valence-electron chi connectivity index (χ2n) is 5.36. The maximum Gasteiger partial charge on any atom is 0.234 e. The fourth-order valence-corrected chi connectivity index (χ4v) is 2.43. The molecule has 1 heterocycles. The molecule has 0 spiro atoms. The Balaban J connectivity index is 1.66. The molecule has 5 heteroatoms. The molecule has 1 aliphatic rings. The quantitative estimate of drug-likeness (QED) is 0.852. The summed E-state index contributed by atoms with van der Waals surface area (Å²) in [6.07, 6.45) is 1.04. The zero-order chi connectivity index (χ0) is 15.1. The van der Waals surface area contributed by atoms with Crippen LogP contribution in [0.25, 0.3) is 0 Å². The van der Waals surface area contributed by atoms with Crippen LogP contribution in [0.15, 0.2) is 24.3 Å². The number of ether oxygens (including phenoxy) is 2. The van der Waals surface area contributed by atoms with Crippen LogP contribution in [0, 0.1) is 0 Å². The number of methoxy groups -OCH3 is 1. The predicted molar refractivity (Wildman–Crippen MR) is 81.6 cm³/mol. The van der Waals surface area contributed by atoms with Gasteiger partial charge in [0.1, 0.15) is 5.75 Å². The van der Waals surface area contributed by atoms with Crippen molar-refractivity contribution in [3.8, 4) is 5.75 Å². The Morgan fingerprint density at radius 1 is 1.43 bits per heavy atom. The van der Waals surface area contributed by atoms with E-state index in [1.807, 2.05) is 31.2 Å². The molecule has 21 heavy (non-hydrogen) atoms. The van der Waals surface area contributed by atoms with E-state index in [0.717, 1.165) is 25.3 Å². The van der Waals surface area contributed by atoms with E-state index in [4.69, 9.17) is 9.47 Å². The van der Waals surface area contributed by atoms with Gasteiger partial charge in [0.05, 0.1) is 26.4 Å². The van der Waals surface area contributed by atoms with E-state index in [1.165, 1.54) is 5.56 Å². The van der Waals surface area contributed by atoms with Crippen molar-refractivity contribution >= 4 is 5.91 Å². The van der Waals surface area contributed by atoms with Gasteiger partial charge in [-0.05, 0) is 31.0 Å². The van der Waals surface area contributed by atoms with Crippen molar-refractivity contribution in [1.29, 1.82) is 0 Å². The van der Waals surface area contributed by atoms with Gasteiger partial charge in [-0.25, -0.2) is 0 Å². The van der Waals surface area contributed by atoms with Crippen molar-refractivity contribution in [3.63, 3.8) is 0 Å². The van der Waals surface area contributed by atoms with Crippen LogP contribution in [0.2, 0.25) is 0 Å². The van der Waals surface area contributed by atoms with E-state index in [2.05, 4.69) is 10.2 Å². The highest BCUT2D eigenvalue weighted by atomic mass is 16.5. The lowest BCUT2D eigenvalue weighted by atomic mass is 10.1. The molecule has 1 aliphatic heterocycles. The minimum absolute atomic E-state index is 0.0811. The summed E-state index contributed by atoms with van der Waals surface area (Å²) in [4.78, 5) is 14.0. The van der Waals surface area contributed by atoms with Crippen LogP contribution < -0.4 is 10.1 Å².